The van der Waals surface area contributed by atoms with Crippen LogP contribution in [0.5, 0.6) is 0 Å². The summed E-state index contributed by atoms with van der Waals surface area (Å²) in [5.41, 5.74) is 5.60. The third kappa shape index (κ3) is 4.68. The summed E-state index contributed by atoms with van der Waals surface area (Å²) in [5, 5.41) is 29.2. The zero-order valence-corrected chi connectivity index (χ0v) is 16.0. The zero-order valence-electron chi connectivity index (χ0n) is 16.0. The van der Waals surface area contributed by atoms with Crippen LogP contribution in [0.1, 0.15) is 15.9 Å². The normalized spacial score (nSPS) is 17.2. The summed E-state index contributed by atoms with van der Waals surface area (Å²) in [4.78, 5) is 37.5. The van der Waals surface area contributed by atoms with Crippen LogP contribution in [-0.2, 0) is 14.3 Å². The molecule has 0 saturated carbocycles. The fourth-order valence-corrected chi connectivity index (χ4v) is 3.02. The Bertz CT molecular complexity index is 1040. The van der Waals surface area contributed by atoms with Gasteiger partial charge in [-0.2, -0.15) is 0 Å². The summed E-state index contributed by atoms with van der Waals surface area (Å²) in [7, 11) is 0. The van der Waals surface area contributed by atoms with Crippen molar-refractivity contribution in [3.63, 3.8) is 0 Å². The second kappa shape index (κ2) is 8.90. The van der Waals surface area contributed by atoms with Crippen LogP contribution in [0.2, 0.25) is 0 Å². The highest BCUT2D eigenvalue weighted by atomic mass is 19.1. The number of hydrogen-bond acceptors (Lipinski definition) is 6. The van der Waals surface area contributed by atoms with E-state index in [4.69, 9.17) is 21.0 Å². The fourth-order valence-electron chi connectivity index (χ4n) is 3.02. The molecule has 2 aromatic rings. The maximum Gasteiger partial charge on any atom is 0.338 e. The Morgan fingerprint density at radius 1 is 1.26 bits per heavy atom. The van der Waals surface area contributed by atoms with E-state index in [0.29, 0.717) is 11.3 Å². The van der Waals surface area contributed by atoms with Crippen LogP contribution in [0.3, 0.4) is 0 Å². The Hall–Kier alpha value is -3.83. The molecule has 0 spiro atoms. The Balaban J connectivity index is 1.74. The molecule has 31 heavy (non-hydrogen) atoms. The van der Waals surface area contributed by atoms with Crippen LogP contribution >= 0.6 is 0 Å². The number of anilines is 2. The minimum absolute atomic E-state index is 0.0286. The molecule has 1 fully saturated rings. The van der Waals surface area contributed by atoms with Gasteiger partial charge in [-0.15, -0.1) is 0 Å². The molecule has 6 N–H and O–H groups in total. The second-order valence-electron chi connectivity index (χ2n) is 6.68. The molecule has 0 aliphatic carbocycles. The molecule has 1 aliphatic heterocycles. The predicted molar refractivity (Wildman–Crippen MR) is 108 cm³/mol. The number of morpholine rings is 1. The van der Waals surface area contributed by atoms with E-state index in [1.807, 2.05) is 0 Å². The molecule has 1 heterocycles. The minimum Gasteiger partial charge on any atom is -0.478 e. The van der Waals surface area contributed by atoms with Gasteiger partial charge in [0.2, 0.25) is 0 Å². The van der Waals surface area contributed by atoms with E-state index in [1.165, 1.54) is 30.3 Å². The zero-order chi connectivity index (χ0) is 22.7. The van der Waals surface area contributed by atoms with Crippen molar-refractivity contribution < 1.29 is 33.7 Å². The fraction of sp³-hybridized carbons (Fsp3) is 0.200. The van der Waals surface area contributed by atoms with Crippen LogP contribution in [-0.4, -0.2) is 59.2 Å². The van der Waals surface area contributed by atoms with Crippen molar-refractivity contribution in [3.8, 4) is 0 Å². The van der Waals surface area contributed by atoms with Gasteiger partial charge in [0.15, 0.2) is 12.2 Å². The van der Waals surface area contributed by atoms with Crippen LogP contribution in [0, 0.1) is 11.2 Å². The van der Waals surface area contributed by atoms with Gasteiger partial charge < -0.3 is 30.9 Å². The van der Waals surface area contributed by atoms with Gasteiger partial charge in [-0.3, -0.25) is 15.0 Å². The van der Waals surface area contributed by atoms with Gasteiger partial charge in [-0.25, -0.2) is 9.18 Å². The molecule has 11 heteroatoms. The van der Waals surface area contributed by atoms with Crippen molar-refractivity contribution in [1.82, 2.24) is 0 Å². The minimum atomic E-state index is -1.86. The molecule has 0 bridgehead atoms. The van der Waals surface area contributed by atoms with E-state index >= 15 is 0 Å². The first kappa shape index (κ1) is 21.9. The van der Waals surface area contributed by atoms with Gasteiger partial charge in [0.25, 0.3) is 11.8 Å². The molecule has 1 unspecified atom stereocenters. The molecule has 0 aromatic heterocycles. The summed E-state index contributed by atoms with van der Waals surface area (Å²) in [6, 6.07) is 9.11. The molecule has 0 radical (unpaired) electrons. The predicted octanol–water partition coefficient (Wildman–Crippen LogP) is 0.539. The lowest BCUT2D eigenvalue weighted by Gasteiger charge is -2.34. The number of nitrogen functional groups attached to an aromatic ring is 1. The van der Waals surface area contributed by atoms with Crippen molar-refractivity contribution in [2.75, 3.05) is 23.4 Å². The number of carbonyl (C=O) groups is 3. The molecular formula is C20H19FN4O6. The van der Waals surface area contributed by atoms with Crippen LogP contribution in [0.25, 0.3) is 0 Å². The first-order chi connectivity index (χ1) is 14.7. The Labute approximate surface area is 175 Å². The number of rotatable bonds is 6. The average molecular weight is 430 g/mol. The monoisotopic (exact) mass is 430 g/mol. The molecule has 3 rings (SSSR count). The number of aliphatic hydroxyl groups excluding tert-OH is 1. The summed E-state index contributed by atoms with van der Waals surface area (Å²) in [5.74, 6) is -4.27. The van der Waals surface area contributed by atoms with Crippen molar-refractivity contribution in [2.45, 2.75) is 12.2 Å². The highest BCUT2D eigenvalue weighted by Crippen LogP contribution is 2.23. The number of amides is 2. The third-order valence-corrected chi connectivity index (χ3v) is 4.63. The first-order valence-corrected chi connectivity index (χ1v) is 9.08. The first-order valence-electron chi connectivity index (χ1n) is 9.08. The van der Waals surface area contributed by atoms with E-state index in [1.54, 1.807) is 0 Å². The lowest BCUT2D eigenvalue weighted by molar-refractivity contribution is -0.150. The number of amidine groups is 1. The Morgan fingerprint density at radius 3 is 2.55 bits per heavy atom. The maximum absolute atomic E-state index is 13.7. The smallest absolute Gasteiger partial charge is 0.338 e. The molecule has 162 valence electrons. The number of carboxylic acid groups (broad SMARTS) is 1. The second-order valence-corrected chi connectivity index (χ2v) is 6.68. The summed E-state index contributed by atoms with van der Waals surface area (Å²) >= 11 is 0. The van der Waals surface area contributed by atoms with Gasteiger partial charge in [0, 0.05) is 23.5 Å². The highest BCUT2D eigenvalue weighted by molar-refractivity contribution is 6.04. The van der Waals surface area contributed by atoms with E-state index in [9.17, 15) is 23.9 Å². The average Bonchev–Trinajstić information content (AvgIpc) is 2.74. The van der Waals surface area contributed by atoms with Gasteiger partial charge in [0.05, 0.1) is 12.2 Å². The third-order valence-electron chi connectivity index (χ3n) is 4.63. The van der Waals surface area contributed by atoms with Crippen molar-refractivity contribution in [3.05, 3.63) is 59.4 Å². The summed E-state index contributed by atoms with van der Waals surface area (Å²) in [6.45, 7) is -0.00525. The summed E-state index contributed by atoms with van der Waals surface area (Å²) in [6.07, 6.45) is -3.40. The SMILES string of the molecule is N=C(N)c1ccc(NC(=O)C(O)[C@H]2OCCN(c3ccc(F)c(C(=O)O)c3)C2=O)cc1. The van der Waals surface area contributed by atoms with Gasteiger partial charge in [-0.1, -0.05) is 0 Å². The number of benzene rings is 2. The van der Waals surface area contributed by atoms with Crippen LogP contribution in [0.4, 0.5) is 15.8 Å². The lowest BCUT2D eigenvalue weighted by Crippen LogP contribution is -2.55. The van der Waals surface area contributed by atoms with Gasteiger partial charge in [0.1, 0.15) is 11.7 Å². The van der Waals surface area contributed by atoms with Crippen LogP contribution < -0.4 is 16.0 Å². The quantitative estimate of drug-likeness (QED) is 0.329. The topological polar surface area (TPSA) is 166 Å². The van der Waals surface area contributed by atoms with E-state index in [2.05, 4.69) is 5.32 Å². The molecule has 2 amide bonds. The highest BCUT2D eigenvalue weighted by Gasteiger charge is 2.39. The van der Waals surface area contributed by atoms with Gasteiger partial charge >= 0.3 is 5.97 Å². The number of ether oxygens (including phenoxy) is 1. The maximum atomic E-state index is 13.7. The van der Waals surface area contributed by atoms with Crippen molar-refractivity contribution in [2.24, 2.45) is 5.73 Å². The Morgan fingerprint density at radius 2 is 1.94 bits per heavy atom. The molecule has 1 saturated heterocycles. The number of nitrogens with two attached hydrogens (primary N) is 1. The van der Waals surface area contributed by atoms with E-state index in [-0.39, 0.29) is 24.7 Å². The lowest BCUT2D eigenvalue weighted by atomic mass is 10.1. The molecule has 2 atom stereocenters. The van der Waals surface area contributed by atoms with Crippen molar-refractivity contribution >= 4 is 35.0 Å². The van der Waals surface area contributed by atoms with E-state index < -0.39 is 41.4 Å². The number of nitrogens with zero attached hydrogens (tertiary/aromatic N) is 1. The number of carbonyl (C=O) groups excluding carboxylic acids is 2. The largest absolute Gasteiger partial charge is 0.478 e. The number of aromatic carboxylic acids is 1. The molecule has 10 nitrogen and oxygen atoms in total. The van der Waals surface area contributed by atoms with Crippen LogP contribution in [0.15, 0.2) is 42.5 Å². The Kier molecular flexibility index (Phi) is 6.28. The number of aliphatic hydroxyl groups is 1. The number of hydrogen-bond donors (Lipinski definition) is 5. The number of nitrogens with one attached hydrogen (secondary N) is 2. The van der Waals surface area contributed by atoms with E-state index in [0.717, 1.165) is 17.0 Å². The number of halogens is 1. The van der Waals surface area contributed by atoms with Gasteiger partial charge in [-0.05, 0) is 42.5 Å². The molecule has 1 aliphatic rings. The summed E-state index contributed by atoms with van der Waals surface area (Å²) < 4.78 is 18.9. The number of carboxylic acids is 1. The standard InChI is InChI=1S/C20H19FN4O6/c21-14-6-5-12(9-13(14)20(29)30)25-7-8-31-16(19(25)28)15(26)18(27)24-11-3-1-10(2-4-11)17(22)23/h1-6,9,15-16,26H,7-8H2,(H3,22,23)(H,24,27)(H,29,30)/t15?,16-/m1/s1. The van der Waals surface area contributed by atoms with Crippen molar-refractivity contribution in [1.29, 1.82) is 5.41 Å². The molecule has 2 aromatic carbocycles. The molecular weight excluding hydrogens is 411 g/mol.